The van der Waals surface area contributed by atoms with Crippen LogP contribution in [0.2, 0.25) is 0 Å². The number of hydrogen-bond donors (Lipinski definition) is 0. The maximum Gasteiger partial charge on any atom is 0.118 e. The molecule has 0 aliphatic carbocycles. The summed E-state index contributed by atoms with van der Waals surface area (Å²) in [5.41, 5.74) is 5.13. The van der Waals surface area contributed by atoms with Crippen molar-refractivity contribution in [1.29, 1.82) is 0 Å². The van der Waals surface area contributed by atoms with Crippen molar-refractivity contribution in [2.75, 3.05) is 0 Å². The second-order valence-corrected chi connectivity index (χ2v) is 9.10. The van der Waals surface area contributed by atoms with Gasteiger partial charge in [0.15, 0.2) is 0 Å². The van der Waals surface area contributed by atoms with Crippen LogP contribution >= 0.6 is 0 Å². The van der Waals surface area contributed by atoms with Gasteiger partial charge in [0.25, 0.3) is 0 Å². The molecule has 0 aliphatic rings. The molecule has 0 saturated carbocycles. The van der Waals surface area contributed by atoms with Crippen molar-refractivity contribution in [2.45, 2.75) is 104 Å². The highest BCUT2D eigenvalue weighted by Gasteiger charge is 2.19. The van der Waals surface area contributed by atoms with E-state index >= 15 is 0 Å². The van der Waals surface area contributed by atoms with Gasteiger partial charge in [0.05, 0.1) is 0 Å². The Kier molecular flexibility index (Phi) is 10.6. The lowest BCUT2D eigenvalue weighted by Crippen LogP contribution is -2.11. The molecule has 2 nitrogen and oxygen atoms in total. The standard InChI is InChI=1S/C28H42O2/c1-7-9-11-27(25-17-13-23(14-18-25)21(3)4)29-30-28(12-10-8-2)26-19-15-24(16-20-26)22(5)6/h13-22,27-28H,7-12H2,1-6H3. The quantitative estimate of drug-likeness (QED) is 0.242. The van der Waals surface area contributed by atoms with Crippen LogP contribution in [0.3, 0.4) is 0 Å². The maximum atomic E-state index is 6.12. The van der Waals surface area contributed by atoms with Crippen molar-refractivity contribution >= 4 is 0 Å². The number of unbranched alkanes of at least 4 members (excludes halogenated alkanes) is 2. The molecule has 30 heavy (non-hydrogen) atoms. The van der Waals surface area contributed by atoms with Gasteiger partial charge in [-0.3, -0.25) is 0 Å². The summed E-state index contributed by atoms with van der Waals surface area (Å²) in [6.45, 7) is 13.4. The Hall–Kier alpha value is -1.64. The highest BCUT2D eigenvalue weighted by molar-refractivity contribution is 5.27. The van der Waals surface area contributed by atoms with Gasteiger partial charge in [-0.2, -0.15) is 0 Å². The first kappa shape index (κ1) is 24.6. The molecule has 2 rings (SSSR count). The van der Waals surface area contributed by atoms with Gasteiger partial charge in [0, 0.05) is 0 Å². The minimum Gasteiger partial charge on any atom is -0.228 e. The summed E-state index contributed by atoms with van der Waals surface area (Å²) in [4.78, 5) is 12.2. The molecule has 0 spiro atoms. The summed E-state index contributed by atoms with van der Waals surface area (Å²) in [5.74, 6) is 1.08. The fourth-order valence-corrected chi connectivity index (χ4v) is 3.64. The van der Waals surface area contributed by atoms with Gasteiger partial charge in [-0.15, -0.1) is 0 Å². The molecule has 0 bridgehead atoms. The first-order chi connectivity index (χ1) is 14.5. The molecule has 0 saturated heterocycles. The van der Waals surface area contributed by atoms with Crippen molar-refractivity contribution in [3.63, 3.8) is 0 Å². The number of benzene rings is 2. The van der Waals surface area contributed by atoms with Crippen LogP contribution in [0.15, 0.2) is 48.5 Å². The third-order valence-electron chi connectivity index (χ3n) is 5.88. The van der Waals surface area contributed by atoms with Crippen LogP contribution in [0.25, 0.3) is 0 Å². The molecular formula is C28H42O2. The molecule has 2 heteroatoms. The van der Waals surface area contributed by atoms with E-state index in [4.69, 9.17) is 9.78 Å². The van der Waals surface area contributed by atoms with Crippen molar-refractivity contribution in [2.24, 2.45) is 0 Å². The lowest BCUT2D eigenvalue weighted by molar-refractivity contribution is -0.359. The van der Waals surface area contributed by atoms with E-state index in [-0.39, 0.29) is 12.2 Å². The summed E-state index contributed by atoms with van der Waals surface area (Å²) < 4.78 is 0. The summed E-state index contributed by atoms with van der Waals surface area (Å²) in [6.07, 6.45) is 6.47. The van der Waals surface area contributed by atoms with Gasteiger partial charge in [-0.05, 0) is 46.9 Å². The summed E-state index contributed by atoms with van der Waals surface area (Å²) in [7, 11) is 0. The van der Waals surface area contributed by atoms with Crippen LogP contribution < -0.4 is 0 Å². The monoisotopic (exact) mass is 410 g/mol. The Balaban J connectivity index is 2.12. The van der Waals surface area contributed by atoms with Crippen molar-refractivity contribution in [1.82, 2.24) is 0 Å². The van der Waals surface area contributed by atoms with E-state index in [1.165, 1.54) is 22.3 Å². The molecular weight excluding hydrogens is 368 g/mol. The van der Waals surface area contributed by atoms with Gasteiger partial charge in [0.1, 0.15) is 12.2 Å². The zero-order chi connectivity index (χ0) is 21.9. The van der Waals surface area contributed by atoms with Crippen LogP contribution in [-0.2, 0) is 9.78 Å². The Morgan fingerprint density at radius 2 is 0.833 bits per heavy atom. The van der Waals surface area contributed by atoms with Gasteiger partial charge >= 0.3 is 0 Å². The first-order valence-electron chi connectivity index (χ1n) is 12.0. The number of hydrogen-bond acceptors (Lipinski definition) is 2. The third kappa shape index (κ3) is 7.56. The van der Waals surface area contributed by atoms with E-state index in [0.29, 0.717) is 11.8 Å². The number of rotatable bonds is 13. The second-order valence-electron chi connectivity index (χ2n) is 9.10. The molecule has 0 radical (unpaired) electrons. The molecule has 2 aromatic rings. The highest BCUT2D eigenvalue weighted by Crippen LogP contribution is 2.31. The predicted octanol–water partition coefficient (Wildman–Crippen LogP) is 9.04. The first-order valence-corrected chi connectivity index (χ1v) is 12.0. The highest BCUT2D eigenvalue weighted by atomic mass is 17.2. The minimum absolute atomic E-state index is 0.0229. The summed E-state index contributed by atoms with van der Waals surface area (Å²) in [6, 6.07) is 17.7. The van der Waals surface area contributed by atoms with E-state index in [2.05, 4.69) is 90.1 Å². The van der Waals surface area contributed by atoms with Crippen molar-refractivity contribution in [3.05, 3.63) is 70.8 Å². The average Bonchev–Trinajstić information content (AvgIpc) is 2.76. The summed E-state index contributed by atoms with van der Waals surface area (Å²) in [5, 5.41) is 0. The molecule has 166 valence electrons. The van der Waals surface area contributed by atoms with E-state index in [1.807, 2.05) is 0 Å². The molecule has 0 heterocycles. The minimum atomic E-state index is -0.0229. The fourth-order valence-electron chi connectivity index (χ4n) is 3.64. The topological polar surface area (TPSA) is 18.5 Å². The zero-order valence-electron chi connectivity index (χ0n) is 20.0. The van der Waals surface area contributed by atoms with Crippen molar-refractivity contribution < 1.29 is 9.78 Å². The fraction of sp³-hybridized carbons (Fsp3) is 0.571. The normalized spacial score (nSPS) is 13.7. The zero-order valence-corrected chi connectivity index (χ0v) is 20.0. The maximum absolute atomic E-state index is 6.12. The third-order valence-corrected chi connectivity index (χ3v) is 5.88. The SMILES string of the molecule is CCCCC(OOC(CCCC)c1ccc(C(C)C)cc1)c1ccc(C(C)C)cc1. The second kappa shape index (κ2) is 12.9. The lowest BCUT2D eigenvalue weighted by Gasteiger charge is -2.23. The average molecular weight is 411 g/mol. The molecule has 2 atom stereocenters. The molecule has 0 N–H and O–H groups in total. The Morgan fingerprint density at radius 1 is 0.533 bits per heavy atom. The van der Waals surface area contributed by atoms with Crippen LogP contribution in [0.1, 0.15) is 126 Å². The van der Waals surface area contributed by atoms with Crippen LogP contribution in [0.4, 0.5) is 0 Å². The molecule has 0 amide bonds. The Labute approximate surface area is 184 Å². The Bertz CT molecular complexity index is 637. The van der Waals surface area contributed by atoms with Crippen LogP contribution in [-0.4, -0.2) is 0 Å². The van der Waals surface area contributed by atoms with Gasteiger partial charge in [-0.25, -0.2) is 9.78 Å². The van der Waals surface area contributed by atoms with E-state index < -0.39 is 0 Å². The van der Waals surface area contributed by atoms with E-state index in [9.17, 15) is 0 Å². The molecule has 0 aliphatic heterocycles. The van der Waals surface area contributed by atoms with Crippen molar-refractivity contribution in [3.8, 4) is 0 Å². The largest absolute Gasteiger partial charge is 0.228 e. The predicted molar refractivity (Wildman–Crippen MR) is 128 cm³/mol. The Morgan fingerprint density at radius 3 is 1.10 bits per heavy atom. The van der Waals surface area contributed by atoms with Crippen LogP contribution in [0, 0.1) is 0 Å². The molecule has 2 unspecified atom stereocenters. The van der Waals surface area contributed by atoms with Gasteiger partial charge < -0.3 is 0 Å². The summed E-state index contributed by atoms with van der Waals surface area (Å²) >= 11 is 0. The smallest absolute Gasteiger partial charge is 0.118 e. The van der Waals surface area contributed by atoms with Gasteiger partial charge in [0.2, 0.25) is 0 Å². The molecule has 0 fully saturated rings. The van der Waals surface area contributed by atoms with E-state index in [1.54, 1.807) is 0 Å². The van der Waals surface area contributed by atoms with Crippen LogP contribution in [0.5, 0.6) is 0 Å². The molecule has 0 aromatic heterocycles. The molecule has 2 aromatic carbocycles. The van der Waals surface area contributed by atoms with Gasteiger partial charge in [-0.1, -0.05) is 116 Å². The van der Waals surface area contributed by atoms with E-state index in [0.717, 1.165) is 38.5 Å². The lowest BCUT2D eigenvalue weighted by atomic mass is 9.98.